The topological polar surface area (TPSA) is 123 Å². The molecule has 0 aliphatic rings. The molecule has 0 spiro atoms. The number of nitrogens with one attached hydrogen (secondary N) is 1. The second-order valence-corrected chi connectivity index (χ2v) is 3.71. The smallest absolute Gasteiger partial charge is 0.269 e. The summed E-state index contributed by atoms with van der Waals surface area (Å²) in [4.78, 5) is 19.4. The van der Waals surface area contributed by atoms with E-state index >= 15 is 0 Å². The Hall–Kier alpha value is -2.15. The van der Waals surface area contributed by atoms with E-state index in [9.17, 15) is 20.0 Å². The molecule has 1 aromatic rings. The number of nitrogens with zero attached hydrogens (tertiary/aromatic N) is 1. The number of nitro benzene ring substituents is 1. The number of hydrogen-bond acceptors (Lipinski definition) is 5. The minimum absolute atomic E-state index is 0.111. The van der Waals surface area contributed by atoms with Crippen molar-refractivity contribution in [3.63, 3.8) is 0 Å². The highest BCUT2D eigenvalue weighted by Crippen LogP contribution is 2.14. The van der Waals surface area contributed by atoms with Gasteiger partial charge in [0.2, 0.25) is 0 Å². The van der Waals surface area contributed by atoms with Gasteiger partial charge in [-0.05, 0) is 18.6 Å². The quantitative estimate of drug-likeness (QED) is 0.546. The zero-order chi connectivity index (χ0) is 14.7. The first kappa shape index (κ1) is 16.9. The van der Waals surface area contributed by atoms with E-state index in [4.69, 9.17) is 0 Å². The Balaban J connectivity index is 0.000000459. The molecule has 0 saturated heterocycles. The minimum atomic E-state index is -0.961. The number of anilines is 1. The molecule has 0 atom stereocenters. The summed E-state index contributed by atoms with van der Waals surface area (Å²) in [5, 5.41) is 22.9. The molecule has 0 aliphatic heterocycles. The van der Waals surface area contributed by atoms with Crippen molar-refractivity contribution in [1.82, 2.24) is 0 Å². The molecular formula is C12H19N3O4. The first-order valence-electron chi connectivity index (χ1n) is 5.98. The lowest BCUT2D eigenvalue weighted by Gasteiger charge is -2.01. The van der Waals surface area contributed by atoms with Gasteiger partial charge in [-0.15, -0.1) is 0 Å². The number of quaternary nitrogens is 1. The van der Waals surface area contributed by atoms with Gasteiger partial charge in [-0.1, -0.05) is 13.3 Å². The van der Waals surface area contributed by atoms with Gasteiger partial charge in [0.05, 0.1) is 18.0 Å². The highest BCUT2D eigenvalue weighted by Gasteiger charge is 2.02. The summed E-state index contributed by atoms with van der Waals surface area (Å²) in [5.74, 6) is -0.961. The maximum atomic E-state index is 10.3. The Morgan fingerprint density at radius 1 is 1.37 bits per heavy atom. The van der Waals surface area contributed by atoms with Crippen LogP contribution in [0.1, 0.15) is 19.8 Å². The van der Waals surface area contributed by atoms with Crippen molar-refractivity contribution in [2.75, 3.05) is 18.4 Å². The van der Waals surface area contributed by atoms with Crippen LogP contribution in [0.4, 0.5) is 11.4 Å². The van der Waals surface area contributed by atoms with Crippen molar-refractivity contribution in [3.05, 3.63) is 34.4 Å². The van der Waals surface area contributed by atoms with Crippen LogP contribution in [-0.2, 0) is 4.79 Å². The molecule has 7 heteroatoms. The number of benzene rings is 1. The lowest BCUT2D eigenvalue weighted by molar-refractivity contribution is -0.384. The number of aliphatic carboxylic acids is 1. The number of non-ortho nitro benzene ring substituents is 1. The number of hydrogen-bond donors (Lipinski definition) is 2. The van der Waals surface area contributed by atoms with Gasteiger partial charge in [0.1, 0.15) is 0 Å². The molecule has 0 aliphatic carbocycles. The maximum Gasteiger partial charge on any atom is 0.269 e. The SMILES string of the molecule is CCCC(=O)[O-].[NH3+]CCNc1ccc([N+](=O)[O-])cc1. The number of carbonyl (C=O) groups is 1. The molecular weight excluding hydrogens is 250 g/mol. The van der Waals surface area contributed by atoms with Crippen LogP contribution in [-0.4, -0.2) is 24.0 Å². The zero-order valence-electron chi connectivity index (χ0n) is 10.9. The number of carboxylic acid groups (broad SMARTS) is 1. The van der Waals surface area contributed by atoms with Crippen LogP contribution in [0.5, 0.6) is 0 Å². The third kappa shape index (κ3) is 8.56. The van der Waals surface area contributed by atoms with Crippen molar-refractivity contribution < 1.29 is 20.6 Å². The Kier molecular flexibility index (Phi) is 8.72. The average Bonchev–Trinajstić information content (AvgIpc) is 2.37. The third-order valence-electron chi connectivity index (χ3n) is 2.04. The Morgan fingerprint density at radius 2 is 1.95 bits per heavy atom. The molecule has 4 N–H and O–H groups in total. The van der Waals surface area contributed by atoms with Crippen LogP contribution in [0.15, 0.2) is 24.3 Å². The normalized spacial score (nSPS) is 9.16. The first-order valence-corrected chi connectivity index (χ1v) is 5.98. The third-order valence-corrected chi connectivity index (χ3v) is 2.04. The minimum Gasteiger partial charge on any atom is -0.550 e. The van der Waals surface area contributed by atoms with E-state index in [2.05, 4.69) is 11.1 Å². The monoisotopic (exact) mass is 269 g/mol. The average molecular weight is 269 g/mol. The summed E-state index contributed by atoms with van der Waals surface area (Å²) < 4.78 is 0. The van der Waals surface area contributed by atoms with Gasteiger partial charge in [0, 0.05) is 23.8 Å². The lowest BCUT2D eigenvalue weighted by Crippen LogP contribution is -2.53. The van der Waals surface area contributed by atoms with Gasteiger partial charge in [0.25, 0.3) is 5.69 Å². The van der Waals surface area contributed by atoms with Crippen LogP contribution >= 0.6 is 0 Å². The lowest BCUT2D eigenvalue weighted by atomic mass is 10.3. The molecule has 1 rings (SSSR count). The molecule has 106 valence electrons. The molecule has 19 heavy (non-hydrogen) atoms. The molecule has 0 radical (unpaired) electrons. The summed E-state index contributed by atoms with van der Waals surface area (Å²) >= 11 is 0. The van der Waals surface area contributed by atoms with Gasteiger partial charge in [-0.2, -0.15) is 0 Å². The van der Waals surface area contributed by atoms with Crippen LogP contribution in [0.2, 0.25) is 0 Å². The fourth-order valence-corrected chi connectivity index (χ4v) is 1.14. The maximum absolute atomic E-state index is 10.3. The van der Waals surface area contributed by atoms with E-state index in [1.807, 2.05) is 0 Å². The second-order valence-electron chi connectivity index (χ2n) is 3.71. The summed E-state index contributed by atoms with van der Waals surface area (Å²) in [5.41, 5.74) is 4.67. The molecule has 1 aromatic carbocycles. The largest absolute Gasteiger partial charge is 0.550 e. The first-order chi connectivity index (χ1) is 9.01. The summed E-state index contributed by atoms with van der Waals surface area (Å²) in [6.45, 7) is 3.37. The van der Waals surface area contributed by atoms with E-state index in [0.29, 0.717) is 6.42 Å². The molecule has 0 unspecified atom stereocenters. The van der Waals surface area contributed by atoms with E-state index in [1.54, 1.807) is 19.1 Å². The number of rotatable bonds is 6. The molecule has 0 aromatic heterocycles. The molecule has 0 heterocycles. The van der Waals surface area contributed by atoms with Crippen LogP contribution in [0.25, 0.3) is 0 Å². The van der Waals surface area contributed by atoms with Gasteiger partial charge >= 0.3 is 0 Å². The Morgan fingerprint density at radius 3 is 2.26 bits per heavy atom. The Labute approximate surface area is 111 Å². The van der Waals surface area contributed by atoms with Gasteiger partial charge < -0.3 is 21.0 Å². The van der Waals surface area contributed by atoms with Gasteiger partial charge in [-0.25, -0.2) is 0 Å². The highest BCUT2D eigenvalue weighted by molar-refractivity contribution is 5.63. The fraction of sp³-hybridized carbons (Fsp3) is 0.417. The van der Waals surface area contributed by atoms with E-state index in [0.717, 1.165) is 18.8 Å². The van der Waals surface area contributed by atoms with Crippen LogP contribution in [0, 0.1) is 10.1 Å². The van der Waals surface area contributed by atoms with Crippen molar-refractivity contribution in [2.24, 2.45) is 0 Å². The predicted molar refractivity (Wildman–Crippen MR) is 69.3 cm³/mol. The Bertz CT molecular complexity index is 392. The van der Waals surface area contributed by atoms with Crippen LogP contribution < -0.4 is 16.2 Å². The summed E-state index contributed by atoms with van der Waals surface area (Å²) in [7, 11) is 0. The highest BCUT2D eigenvalue weighted by atomic mass is 16.6. The molecule has 0 saturated carbocycles. The molecule has 0 fully saturated rings. The molecule has 0 bridgehead atoms. The van der Waals surface area contributed by atoms with Gasteiger partial charge in [-0.3, -0.25) is 10.1 Å². The molecule has 0 amide bonds. The standard InChI is InChI=1S/C8H11N3O2.C4H8O2/c9-5-6-10-7-1-3-8(4-2-7)11(12)13;1-2-3-4(5)6/h1-4,10H,5-6,9H2;2-3H2,1H3,(H,5,6). The number of carbonyl (C=O) groups excluding carboxylic acids is 1. The van der Waals surface area contributed by atoms with Crippen molar-refractivity contribution in [3.8, 4) is 0 Å². The summed E-state index contributed by atoms with van der Waals surface area (Å²) in [6, 6.07) is 6.33. The number of nitro groups is 1. The molecule has 7 nitrogen and oxygen atoms in total. The summed E-state index contributed by atoms with van der Waals surface area (Å²) in [6.07, 6.45) is 0.850. The predicted octanol–water partition coefficient (Wildman–Crippen LogP) is -0.215. The van der Waals surface area contributed by atoms with Crippen molar-refractivity contribution >= 4 is 17.3 Å². The fourth-order valence-electron chi connectivity index (χ4n) is 1.14. The van der Waals surface area contributed by atoms with E-state index < -0.39 is 10.9 Å². The van der Waals surface area contributed by atoms with Gasteiger partial charge in [0.15, 0.2) is 0 Å². The second kappa shape index (κ2) is 9.84. The van der Waals surface area contributed by atoms with E-state index in [-0.39, 0.29) is 12.1 Å². The van der Waals surface area contributed by atoms with Crippen molar-refractivity contribution in [1.29, 1.82) is 0 Å². The van der Waals surface area contributed by atoms with E-state index in [1.165, 1.54) is 12.1 Å². The van der Waals surface area contributed by atoms with Crippen LogP contribution in [0.3, 0.4) is 0 Å². The zero-order valence-corrected chi connectivity index (χ0v) is 10.9. The number of carboxylic acids is 1. The van der Waals surface area contributed by atoms with Crippen molar-refractivity contribution in [2.45, 2.75) is 19.8 Å².